The second-order valence-corrected chi connectivity index (χ2v) is 7.15. The molecule has 0 aliphatic carbocycles. The van der Waals surface area contributed by atoms with Gasteiger partial charge in [-0.15, -0.1) is 0 Å². The summed E-state index contributed by atoms with van der Waals surface area (Å²) >= 11 is 0. The Bertz CT molecular complexity index is 444. The van der Waals surface area contributed by atoms with Crippen LogP contribution in [0.25, 0.3) is 0 Å². The minimum Gasteiger partial charge on any atom is -0.303 e. The van der Waals surface area contributed by atoms with Gasteiger partial charge in [0, 0.05) is 27.3 Å². The smallest absolute Gasteiger partial charge is 0.303 e. The maximum absolute atomic E-state index is 12.0. The molecule has 0 unspecified atom stereocenters. The second kappa shape index (κ2) is 6.39. The van der Waals surface area contributed by atoms with Crippen molar-refractivity contribution in [1.82, 2.24) is 4.31 Å². The molecule has 100 valence electrons. The molecule has 0 saturated heterocycles. The monoisotopic (exact) mass is 286 g/mol. The summed E-state index contributed by atoms with van der Waals surface area (Å²) in [5.74, 6) is 0. The fourth-order valence-electron chi connectivity index (χ4n) is 1.17. The highest BCUT2D eigenvalue weighted by Gasteiger charge is 2.53. The molecule has 17 heavy (non-hydrogen) atoms. The minimum absolute atomic E-state index is 0.172. The maximum Gasteiger partial charge on any atom is 0.553 e. The second-order valence-electron chi connectivity index (χ2n) is 2.85. The van der Waals surface area contributed by atoms with Gasteiger partial charge in [0.25, 0.3) is 0 Å². The number of hydrogen-bond acceptors (Lipinski definition) is 6. The number of nitrogens with one attached hydrogen (secondary N) is 1. The van der Waals surface area contributed by atoms with Crippen LogP contribution in [0.3, 0.4) is 0 Å². The highest BCUT2D eigenvalue weighted by atomic mass is 32.2. The summed E-state index contributed by atoms with van der Waals surface area (Å²) in [5.41, 5.74) is 6.87. The van der Waals surface area contributed by atoms with E-state index >= 15 is 0 Å². The van der Waals surface area contributed by atoms with Gasteiger partial charge in [0.2, 0.25) is 0 Å². The van der Waals surface area contributed by atoms with Crippen molar-refractivity contribution in [2.75, 3.05) is 27.3 Å². The van der Waals surface area contributed by atoms with E-state index in [1.54, 1.807) is 13.8 Å². The van der Waals surface area contributed by atoms with Crippen molar-refractivity contribution in [2.24, 2.45) is 0 Å². The van der Waals surface area contributed by atoms with Crippen molar-refractivity contribution in [3.63, 3.8) is 0 Å². The SMILES string of the molecule is CCN(CC)S(=O)(=O)C(=[N+]=N)P(=O)(OC)OC. The van der Waals surface area contributed by atoms with Crippen LogP contribution in [0.2, 0.25) is 0 Å². The van der Waals surface area contributed by atoms with E-state index < -0.39 is 22.4 Å². The fourth-order valence-corrected chi connectivity index (χ4v) is 4.70. The van der Waals surface area contributed by atoms with Gasteiger partial charge in [-0.05, 0) is 0 Å². The Labute approximate surface area is 101 Å². The molecule has 0 rings (SSSR count). The summed E-state index contributed by atoms with van der Waals surface area (Å²) in [5, 5.41) is 0. The topological polar surface area (TPSA) is 111 Å². The molecule has 0 saturated carbocycles. The van der Waals surface area contributed by atoms with Gasteiger partial charge in [0.15, 0.2) is 0 Å². The molecule has 0 aliphatic heterocycles. The molecule has 0 atom stereocenters. The van der Waals surface area contributed by atoms with Crippen molar-refractivity contribution in [1.29, 1.82) is 5.53 Å². The lowest BCUT2D eigenvalue weighted by molar-refractivity contribution is -0.113. The number of rotatable bonds is 6. The van der Waals surface area contributed by atoms with Crippen LogP contribution in [0.15, 0.2) is 0 Å². The van der Waals surface area contributed by atoms with Crippen LogP contribution in [0.4, 0.5) is 0 Å². The highest BCUT2D eigenvalue weighted by Crippen LogP contribution is 2.49. The molecule has 8 nitrogen and oxygen atoms in total. The van der Waals surface area contributed by atoms with Crippen LogP contribution >= 0.6 is 7.60 Å². The zero-order valence-electron chi connectivity index (χ0n) is 10.2. The number of sulfonamides is 1. The third kappa shape index (κ3) is 3.22. The van der Waals surface area contributed by atoms with Gasteiger partial charge >= 0.3 is 22.4 Å². The first-order valence-electron chi connectivity index (χ1n) is 4.80. The van der Waals surface area contributed by atoms with Crippen molar-refractivity contribution >= 4 is 22.4 Å². The molecule has 0 aliphatic rings. The molecule has 0 bridgehead atoms. The molecule has 0 aromatic carbocycles. The Morgan fingerprint density at radius 2 is 1.71 bits per heavy atom. The Hall–Kier alpha value is -0.560. The van der Waals surface area contributed by atoms with E-state index in [9.17, 15) is 13.0 Å². The van der Waals surface area contributed by atoms with Crippen molar-refractivity contribution in [3.8, 4) is 0 Å². The summed E-state index contributed by atoms with van der Waals surface area (Å²) < 4.78 is 46.1. The van der Waals surface area contributed by atoms with Gasteiger partial charge < -0.3 is 9.05 Å². The Kier molecular flexibility index (Phi) is 6.18. The van der Waals surface area contributed by atoms with E-state index in [-0.39, 0.29) is 13.1 Å². The van der Waals surface area contributed by atoms with E-state index in [0.717, 1.165) is 18.5 Å². The van der Waals surface area contributed by atoms with Crippen LogP contribution in [0.1, 0.15) is 13.8 Å². The Balaban J connectivity index is 5.75. The van der Waals surface area contributed by atoms with Crippen LogP contribution in [-0.4, -0.2) is 49.6 Å². The first-order valence-corrected chi connectivity index (χ1v) is 7.78. The van der Waals surface area contributed by atoms with Crippen LogP contribution < -0.4 is 0 Å². The predicted molar refractivity (Wildman–Crippen MR) is 61.5 cm³/mol. The van der Waals surface area contributed by atoms with Gasteiger partial charge in [-0.2, -0.15) is 12.7 Å². The quantitative estimate of drug-likeness (QED) is 0.254. The zero-order valence-corrected chi connectivity index (χ0v) is 11.9. The van der Waals surface area contributed by atoms with Crippen LogP contribution in [0, 0.1) is 5.53 Å². The lowest BCUT2D eigenvalue weighted by Crippen LogP contribution is -2.36. The van der Waals surface area contributed by atoms with E-state index in [0.29, 0.717) is 0 Å². The van der Waals surface area contributed by atoms with Gasteiger partial charge in [-0.1, -0.05) is 13.8 Å². The van der Waals surface area contributed by atoms with E-state index in [4.69, 9.17) is 5.53 Å². The predicted octanol–water partition coefficient (Wildman–Crippen LogP) is 0.739. The van der Waals surface area contributed by atoms with E-state index in [2.05, 4.69) is 13.8 Å². The largest absolute Gasteiger partial charge is 0.553 e. The molecule has 0 fully saturated rings. The Morgan fingerprint density at radius 1 is 1.29 bits per heavy atom. The maximum atomic E-state index is 12.0. The molecule has 0 aromatic heterocycles. The van der Waals surface area contributed by atoms with Gasteiger partial charge in [0.1, 0.15) is 0 Å². The third-order valence-corrected chi connectivity index (χ3v) is 6.73. The molecule has 0 aromatic rings. The lowest BCUT2D eigenvalue weighted by Gasteiger charge is -2.16. The minimum atomic E-state index is -4.11. The van der Waals surface area contributed by atoms with Crippen molar-refractivity contribution in [2.45, 2.75) is 13.8 Å². The van der Waals surface area contributed by atoms with Crippen molar-refractivity contribution in [3.05, 3.63) is 0 Å². The molecule has 10 heteroatoms. The average Bonchev–Trinajstić information content (AvgIpc) is 2.30. The normalized spacial score (nSPS) is 12.5. The first-order chi connectivity index (χ1) is 7.83. The van der Waals surface area contributed by atoms with E-state index in [1.165, 1.54) is 0 Å². The Morgan fingerprint density at radius 3 is 1.94 bits per heavy atom. The molecule has 0 heterocycles. The zero-order chi connectivity index (χ0) is 13.7. The summed E-state index contributed by atoms with van der Waals surface area (Å²) in [7, 11) is -6.10. The van der Waals surface area contributed by atoms with Gasteiger partial charge in [-0.3, -0.25) is 0 Å². The summed E-state index contributed by atoms with van der Waals surface area (Å²) in [6, 6.07) is 0. The molecule has 0 spiro atoms. The highest BCUT2D eigenvalue weighted by molar-refractivity contribution is 8.17. The molecular weight excluding hydrogens is 269 g/mol. The number of hydrogen-bond donors (Lipinski definition) is 1. The number of nitrogens with zero attached hydrogens (tertiary/aromatic N) is 2. The fraction of sp³-hybridized carbons (Fsp3) is 0.857. The summed E-state index contributed by atoms with van der Waals surface area (Å²) in [6.07, 6.45) is 0. The van der Waals surface area contributed by atoms with Gasteiger partial charge in [0.05, 0.1) is 10.3 Å². The standard InChI is InChI=1S/C7H17N3O5PS/c1-5-10(6-2)17(12,13)7(9-8)16(11,14-3)15-4/h8H,5-6H2,1-4H3/q+1. The summed E-state index contributed by atoms with van der Waals surface area (Å²) in [6.45, 7) is 3.58. The van der Waals surface area contributed by atoms with Crippen LogP contribution in [0.5, 0.6) is 0 Å². The molecule has 0 amide bonds. The van der Waals surface area contributed by atoms with Crippen molar-refractivity contribution < 1.29 is 26.8 Å². The van der Waals surface area contributed by atoms with E-state index in [1.807, 2.05) is 0 Å². The lowest BCUT2D eigenvalue weighted by atomic mass is 10.7. The summed E-state index contributed by atoms with van der Waals surface area (Å²) in [4.78, 5) is 1.91. The third-order valence-electron chi connectivity index (χ3n) is 2.09. The van der Waals surface area contributed by atoms with Crippen LogP contribution in [-0.2, 0) is 23.6 Å². The van der Waals surface area contributed by atoms with Gasteiger partial charge in [-0.25, -0.2) is 4.57 Å². The molecule has 0 radical (unpaired) electrons. The first kappa shape index (κ1) is 16.4. The average molecular weight is 286 g/mol. The molecule has 1 N–H and O–H groups in total. The molecular formula is C7H17N3O5PS+.